The zero-order chi connectivity index (χ0) is 47.9. The van der Waals surface area contributed by atoms with Gasteiger partial charge in [-0.2, -0.15) is 0 Å². The van der Waals surface area contributed by atoms with Crippen LogP contribution in [0.1, 0.15) is 284 Å². The van der Waals surface area contributed by atoms with Gasteiger partial charge in [0.2, 0.25) is 0 Å². The molecule has 0 aliphatic carbocycles. The molecule has 382 valence electrons. The van der Waals surface area contributed by atoms with Gasteiger partial charge >= 0.3 is 17.9 Å². The molecule has 0 radical (unpaired) electrons. The van der Waals surface area contributed by atoms with Gasteiger partial charge in [0, 0.05) is 19.3 Å². The third-order valence-corrected chi connectivity index (χ3v) is 12.3. The molecule has 0 aliphatic heterocycles. The molecule has 0 rings (SSSR count). The lowest BCUT2D eigenvalue weighted by molar-refractivity contribution is -0.167. The Hall–Kier alpha value is -2.89. The summed E-state index contributed by atoms with van der Waals surface area (Å²) in [5, 5.41) is 0. The third kappa shape index (κ3) is 52.1. The second-order valence-corrected chi connectivity index (χ2v) is 18.8. The Kier molecular flexibility index (Phi) is 52.3. The summed E-state index contributed by atoms with van der Waals surface area (Å²) in [5.74, 6) is -0.872. The largest absolute Gasteiger partial charge is 0.462 e. The Morgan fingerprint density at radius 1 is 0.318 bits per heavy atom. The van der Waals surface area contributed by atoms with Crippen LogP contribution in [0.25, 0.3) is 0 Å². The van der Waals surface area contributed by atoms with Crippen molar-refractivity contribution in [3.8, 4) is 0 Å². The molecule has 0 aromatic rings. The molecule has 0 aromatic carbocycles. The summed E-state index contributed by atoms with van der Waals surface area (Å²) in [7, 11) is 0. The number of hydrogen-bond acceptors (Lipinski definition) is 6. The molecule has 0 heterocycles. The molecule has 66 heavy (non-hydrogen) atoms. The molecule has 0 spiro atoms. The van der Waals surface area contributed by atoms with Crippen molar-refractivity contribution in [2.24, 2.45) is 0 Å². The number of carbonyl (C=O) groups excluding carboxylic acids is 3. The number of allylic oxidation sites excluding steroid dienone is 10. The molecule has 0 saturated heterocycles. The van der Waals surface area contributed by atoms with Gasteiger partial charge in [-0.3, -0.25) is 14.4 Å². The second-order valence-electron chi connectivity index (χ2n) is 18.8. The predicted octanol–water partition coefficient (Wildman–Crippen LogP) is 18.8. The minimum absolute atomic E-state index is 0.0707. The van der Waals surface area contributed by atoms with Crippen molar-refractivity contribution in [3.05, 3.63) is 60.8 Å². The number of unbranched alkanes of at least 4 members (excludes halogenated alkanes) is 30. The van der Waals surface area contributed by atoms with Crippen LogP contribution in [0.3, 0.4) is 0 Å². The van der Waals surface area contributed by atoms with Gasteiger partial charge in [-0.05, 0) is 64.2 Å². The normalized spacial score (nSPS) is 12.5. The molecule has 0 N–H and O–H groups in total. The fraction of sp³-hybridized carbons (Fsp3) is 0.783. The van der Waals surface area contributed by atoms with Gasteiger partial charge in [0.05, 0.1) is 0 Å². The Labute approximate surface area is 409 Å². The van der Waals surface area contributed by atoms with Gasteiger partial charge in [-0.25, -0.2) is 0 Å². The fourth-order valence-corrected chi connectivity index (χ4v) is 8.06. The number of ether oxygens (including phenoxy) is 3. The highest BCUT2D eigenvalue weighted by Crippen LogP contribution is 2.16. The first-order valence-corrected chi connectivity index (χ1v) is 28.3. The Bertz CT molecular complexity index is 1200. The van der Waals surface area contributed by atoms with Crippen LogP contribution in [-0.4, -0.2) is 37.2 Å². The van der Waals surface area contributed by atoms with Crippen LogP contribution in [0, 0.1) is 0 Å². The molecule has 0 fully saturated rings. The monoisotopic (exact) mass is 923 g/mol. The van der Waals surface area contributed by atoms with Gasteiger partial charge in [0.15, 0.2) is 6.10 Å². The summed E-state index contributed by atoms with van der Waals surface area (Å²) in [6.45, 7) is 6.48. The van der Waals surface area contributed by atoms with Crippen molar-refractivity contribution in [3.63, 3.8) is 0 Å². The number of hydrogen-bond donors (Lipinski definition) is 0. The molecular weight excluding hydrogens is 817 g/mol. The van der Waals surface area contributed by atoms with E-state index in [-0.39, 0.29) is 31.1 Å². The average molecular weight is 924 g/mol. The lowest BCUT2D eigenvalue weighted by Gasteiger charge is -2.18. The van der Waals surface area contributed by atoms with Crippen molar-refractivity contribution in [2.75, 3.05) is 13.2 Å². The van der Waals surface area contributed by atoms with Crippen LogP contribution in [0.4, 0.5) is 0 Å². The highest BCUT2D eigenvalue weighted by molar-refractivity contribution is 5.71. The molecule has 6 heteroatoms. The van der Waals surface area contributed by atoms with Gasteiger partial charge in [-0.1, -0.05) is 261 Å². The van der Waals surface area contributed by atoms with E-state index in [2.05, 4.69) is 81.5 Å². The number of esters is 3. The van der Waals surface area contributed by atoms with Crippen molar-refractivity contribution in [2.45, 2.75) is 290 Å². The Balaban J connectivity index is 4.03. The second kappa shape index (κ2) is 54.7. The van der Waals surface area contributed by atoms with E-state index in [9.17, 15) is 14.4 Å². The van der Waals surface area contributed by atoms with E-state index >= 15 is 0 Å². The van der Waals surface area contributed by atoms with Crippen molar-refractivity contribution >= 4 is 17.9 Å². The smallest absolute Gasteiger partial charge is 0.306 e. The molecule has 0 aromatic heterocycles. The number of rotatable bonds is 51. The summed E-state index contributed by atoms with van der Waals surface area (Å²) in [4.78, 5) is 37.8. The first-order chi connectivity index (χ1) is 32.5. The van der Waals surface area contributed by atoms with Crippen LogP contribution in [-0.2, 0) is 28.6 Å². The molecule has 0 bridgehead atoms. The lowest BCUT2D eigenvalue weighted by Crippen LogP contribution is -2.30. The standard InChI is InChI=1S/C60H106O6/c1-4-7-10-13-16-18-20-22-23-24-25-26-27-28-29-30-31-32-33-34-35-36-37-39-40-42-44-47-50-53-59(62)65-56-57(55-64-58(61)52-49-46-15-12-9-6-3)66-60(63)54-51-48-45-43-41-38-21-19-17-14-11-8-5-2/h7,10,16,18,22-23,25-26,28-29,57H,4-6,8-9,11-15,17,19-21,24,27,30-56H2,1-3H3/b10-7-,18-16-,23-22-,26-25-,29-28-. The van der Waals surface area contributed by atoms with Gasteiger partial charge in [0.25, 0.3) is 0 Å². The first-order valence-electron chi connectivity index (χ1n) is 28.3. The molecule has 1 atom stereocenters. The van der Waals surface area contributed by atoms with E-state index < -0.39 is 6.10 Å². The zero-order valence-corrected chi connectivity index (χ0v) is 43.7. The van der Waals surface area contributed by atoms with Gasteiger partial charge < -0.3 is 14.2 Å². The zero-order valence-electron chi connectivity index (χ0n) is 43.7. The maximum atomic E-state index is 12.7. The molecule has 0 saturated carbocycles. The van der Waals surface area contributed by atoms with E-state index in [0.717, 1.165) is 89.9 Å². The van der Waals surface area contributed by atoms with E-state index in [4.69, 9.17) is 14.2 Å². The van der Waals surface area contributed by atoms with Gasteiger partial charge in [-0.15, -0.1) is 0 Å². The van der Waals surface area contributed by atoms with E-state index in [1.807, 2.05) is 0 Å². The van der Waals surface area contributed by atoms with Crippen LogP contribution < -0.4 is 0 Å². The van der Waals surface area contributed by atoms with Crippen LogP contribution in [0.2, 0.25) is 0 Å². The minimum Gasteiger partial charge on any atom is -0.462 e. The SMILES string of the molecule is CC/C=C\C/C=C\C/C=C\C/C=C\C/C=C\CCCCCCCCCCCCCCCC(=O)OCC(COC(=O)CCCCCCCC)OC(=O)CCCCCCCCCCCCCCC. The first kappa shape index (κ1) is 63.1. The maximum absolute atomic E-state index is 12.7. The lowest BCUT2D eigenvalue weighted by atomic mass is 10.0. The van der Waals surface area contributed by atoms with Crippen LogP contribution >= 0.6 is 0 Å². The minimum atomic E-state index is -0.767. The molecule has 0 amide bonds. The van der Waals surface area contributed by atoms with E-state index in [1.54, 1.807) is 0 Å². The van der Waals surface area contributed by atoms with Crippen molar-refractivity contribution < 1.29 is 28.6 Å². The van der Waals surface area contributed by atoms with Crippen LogP contribution in [0.15, 0.2) is 60.8 Å². The summed E-state index contributed by atoms with van der Waals surface area (Å²) in [6.07, 6.45) is 68.2. The van der Waals surface area contributed by atoms with Crippen molar-refractivity contribution in [1.82, 2.24) is 0 Å². The summed E-state index contributed by atoms with van der Waals surface area (Å²) in [6, 6.07) is 0. The highest BCUT2D eigenvalue weighted by Gasteiger charge is 2.19. The fourth-order valence-electron chi connectivity index (χ4n) is 8.06. The Morgan fingerprint density at radius 3 is 0.924 bits per heavy atom. The van der Waals surface area contributed by atoms with E-state index in [0.29, 0.717) is 19.3 Å². The topological polar surface area (TPSA) is 78.9 Å². The van der Waals surface area contributed by atoms with Crippen LogP contribution in [0.5, 0.6) is 0 Å². The molecule has 6 nitrogen and oxygen atoms in total. The van der Waals surface area contributed by atoms with Crippen molar-refractivity contribution in [1.29, 1.82) is 0 Å². The molecular formula is C60H106O6. The summed E-state index contributed by atoms with van der Waals surface area (Å²) >= 11 is 0. The third-order valence-electron chi connectivity index (χ3n) is 12.3. The highest BCUT2D eigenvalue weighted by atomic mass is 16.6. The molecule has 1 unspecified atom stereocenters. The maximum Gasteiger partial charge on any atom is 0.306 e. The van der Waals surface area contributed by atoms with Gasteiger partial charge in [0.1, 0.15) is 13.2 Å². The number of carbonyl (C=O) groups is 3. The summed E-state index contributed by atoms with van der Waals surface area (Å²) < 4.78 is 16.7. The quantitative estimate of drug-likeness (QED) is 0.0262. The molecule has 0 aliphatic rings. The summed E-state index contributed by atoms with van der Waals surface area (Å²) in [5.41, 5.74) is 0. The Morgan fingerprint density at radius 2 is 0.591 bits per heavy atom. The average Bonchev–Trinajstić information content (AvgIpc) is 3.31. The van der Waals surface area contributed by atoms with E-state index in [1.165, 1.54) is 154 Å². The predicted molar refractivity (Wildman–Crippen MR) is 284 cm³/mol.